The van der Waals surface area contributed by atoms with Gasteiger partial charge in [-0.25, -0.2) is 0 Å². The van der Waals surface area contributed by atoms with E-state index >= 15 is 0 Å². The van der Waals surface area contributed by atoms with Crippen LogP contribution in [-0.2, 0) is 9.47 Å². The van der Waals surface area contributed by atoms with Gasteiger partial charge in [0, 0.05) is 20.0 Å². The van der Waals surface area contributed by atoms with Crippen molar-refractivity contribution in [1.82, 2.24) is 0 Å². The summed E-state index contributed by atoms with van der Waals surface area (Å²) in [5.41, 5.74) is -0.901. The van der Waals surface area contributed by atoms with Crippen LogP contribution in [0.3, 0.4) is 0 Å². The first-order chi connectivity index (χ1) is 5.47. The van der Waals surface area contributed by atoms with E-state index in [1.165, 1.54) is 0 Å². The Bertz CT molecular complexity index is 152. The summed E-state index contributed by atoms with van der Waals surface area (Å²) < 4.78 is 10.5. The summed E-state index contributed by atoms with van der Waals surface area (Å²) >= 11 is 0. The maximum absolute atomic E-state index is 10.0. The van der Waals surface area contributed by atoms with Gasteiger partial charge in [-0.3, -0.25) is 0 Å². The quantitative estimate of drug-likeness (QED) is 0.677. The third-order valence-electron chi connectivity index (χ3n) is 2.23. The van der Waals surface area contributed by atoms with E-state index in [9.17, 15) is 5.11 Å². The van der Waals surface area contributed by atoms with E-state index in [4.69, 9.17) is 9.47 Å². The van der Waals surface area contributed by atoms with Crippen molar-refractivity contribution in [2.75, 3.05) is 20.3 Å². The molecule has 1 aliphatic rings. The Labute approximate surface area is 73.7 Å². The third-order valence-corrected chi connectivity index (χ3v) is 2.23. The molecule has 1 N–H and O–H groups in total. The lowest BCUT2D eigenvalue weighted by Crippen LogP contribution is -2.48. The summed E-state index contributed by atoms with van der Waals surface area (Å²) in [6.07, 6.45) is 1.32. The maximum Gasteiger partial charge on any atom is 0.0929 e. The van der Waals surface area contributed by atoms with Gasteiger partial charge in [0.15, 0.2) is 0 Å². The molecule has 3 nitrogen and oxygen atoms in total. The molecule has 0 radical (unpaired) electrons. The van der Waals surface area contributed by atoms with E-state index in [0.29, 0.717) is 26.1 Å². The molecule has 1 unspecified atom stereocenters. The molecule has 1 rings (SSSR count). The highest BCUT2D eigenvalue weighted by molar-refractivity contribution is 4.90. The molecule has 0 saturated carbocycles. The van der Waals surface area contributed by atoms with Crippen LogP contribution >= 0.6 is 0 Å². The molecule has 3 heteroatoms. The fourth-order valence-corrected chi connectivity index (χ4v) is 1.84. The lowest BCUT2D eigenvalue weighted by molar-refractivity contribution is -0.162. The van der Waals surface area contributed by atoms with Crippen molar-refractivity contribution < 1.29 is 14.6 Å². The van der Waals surface area contributed by atoms with E-state index < -0.39 is 5.60 Å². The van der Waals surface area contributed by atoms with Gasteiger partial charge in [-0.15, -0.1) is 0 Å². The zero-order valence-corrected chi connectivity index (χ0v) is 8.09. The zero-order valence-electron chi connectivity index (χ0n) is 8.09. The van der Waals surface area contributed by atoms with Crippen molar-refractivity contribution >= 4 is 0 Å². The number of aliphatic hydroxyl groups is 1. The van der Waals surface area contributed by atoms with Crippen LogP contribution in [0.1, 0.15) is 26.7 Å². The van der Waals surface area contributed by atoms with Gasteiger partial charge in [-0.2, -0.15) is 0 Å². The fourth-order valence-electron chi connectivity index (χ4n) is 1.84. The van der Waals surface area contributed by atoms with Gasteiger partial charge in [0.25, 0.3) is 0 Å². The van der Waals surface area contributed by atoms with Crippen molar-refractivity contribution in [3.8, 4) is 0 Å². The summed E-state index contributed by atoms with van der Waals surface area (Å²) in [6, 6.07) is 0. The fraction of sp³-hybridized carbons (Fsp3) is 1.00. The van der Waals surface area contributed by atoms with Crippen LogP contribution in [0.4, 0.5) is 0 Å². The molecule has 72 valence electrons. The molecule has 0 aliphatic carbocycles. The Morgan fingerprint density at radius 2 is 2.17 bits per heavy atom. The van der Waals surface area contributed by atoms with Gasteiger partial charge >= 0.3 is 0 Å². The molecule has 0 spiro atoms. The predicted octanol–water partition coefficient (Wildman–Crippen LogP) is 0.953. The van der Waals surface area contributed by atoms with Crippen LogP contribution in [0, 0.1) is 0 Å². The molecule has 1 saturated heterocycles. The first kappa shape index (κ1) is 9.96. The first-order valence-electron chi connectivity index (χ1n) is 4.33. The summed E-state index contributed by atoms with van der Waals surface area (Å²) in [5.74, 6) is 0. The van der Waals surface area contributed by atoms with Crippen molar-refractivity contribution in [2.45, 2.75) is 37.9 Å². The van der Waals surface area contributed by atoms with Crippen molar-refractivity contribution in [2.24, 2.45) is 0 Å². The lowest BCUT2D eigenvalue weighted by atomic mass is 9.85. The lowest BCUT2D eigenvalue weighted by Gasteiger charge is -2.41. The van der Waals surface area contributed by atoms with Crippen molar-refractivity contribution in [3.05, 3.63) is 0 Å². The predicted molar refractivity (Wildman–Crippen MR) is 46.1 cm³/mol. The number of hydrogen-bond donors (Lipinski definition) is 1. The molecule has 0 aromatic heterocycles. The minimum absolute atomic E-state index is 0.217. The van der Waals surface area contributed by atoms with Crippen LogP contribution in [0.2, 0.25) is 0 Å². The van der Waals surface area contributed by atoms with E-state index in [2.05, 4.69) is 0 Å². The van der Waals surface area contributed by atoms with Gasteiger partial charge in [0.05, 0.1) is 24.4 Å². The number of methoxy groups -OCH3 is 1. The molecule has 0 bridgehead atoms. The molecule has 1 atom stereocenters. The summed E-state index contributed by atoms with van der Waals surface area (Å²) in [6.45, 7) is 5.01. The second-order valence-corrected chi connectivity index (χ2v) is 4.19. The normalized spacial score (nSPS) is 35.0. The van der Waals surface area contributed by atoms with E-state index in [1.807, 2.05) is 13.8 Å². The molecule has 0 amide bonds. The van der Waals surface area contributed by atoms with Gasteiger partial charge in [0.1, 0.15) is 0 Å². The van der Waals surface area contributed by atoms with Crippen molar-refractivity contribution in [1.29, 1.82) is 0 Å². The number of rotatable bonds is 2. The Kier molecular flexibility index (Phi) is 2.76. The third kappa shape index (κ3) is 2.44. The highest BCUT2D eigenvalue weighted by atomic mass is 16.5. The second kappa shape index (κ2) is 3.32. The highest BCUT2D eigenvalue weighted by Crippen LogP contribution is 2.31. The average molecular weight is 174 g/mol. The van der Waals surface area contributed by atoms with Crippen LogP contribution in [-0.4, -0.2) is 36.6 Å². The number of ether oxygens (including phenoxy) is 2. The second-order valence-electron chi connectivity index (χ2n) is 4.19. The molecule has 12 heavy (non-hydrogen) atoms. The number of hydrogen-bond acceptors (Lipinski definition) is 3. The van der Waals surface area contributed by atoms with Gasteiger partial charge in [-0.05, 0) is 13.8 Å². The first-order valence-corrected chi connectivity index (χ1v) is 4.33. The molecule has 0 aromatic carbocycles. The average Bonchev–Trinajstić information content (AvgIpc) is 1.83. The summed E-state index contributed by atoms with van der Waals surface area (Å²) in [4.78, 5) is 0. The topological polar surface area (TPSA) is 38.7 Å². The summed E-state index contributed by atoms with van der Waals surface area (Å²) in [7, 11) is 1.61. The maximum atomic E-state index is 10.0. The van der Waals surface area contributed by atoms with E-state index in [-0.39, 0.29) is 5.60 Å². The van der Waals surface area contributed by atoms with Crippen LogP contribution in [0.25, 0.3) is 0 Å². The van der Waals surface area contributed by atoms with E-state index in [1.54, 1.807) is 7.11 Å². The Balaban J connectivity index is 2.55. The Hall–Kier alpha value is -0.120. The van der Waals surface area contributed by atoms with Crippen LogP contribution in [0.5, 0.6) is 0 Å². The minimum atomic E-state index is -0.684. The SMILES string of the molecule is COCC1(O)CCOC(C)(C)C1. The molecule has 1 fully saturated rings. The van der Waals surface area contributed by atoms with Gasteiger partial charge in [0.2, 0.25) is 0 Å². The van der Waals surface area contributed by atoms with Gasteiger partial charge < -0.3 is 14.6 Å². The molecule has 1 heterocycles. The summed E-state index contributed by atoms with van der Waals surface area (Å²) in [5, 5.41) is 10.0. The smallest absolute Gasteiger partial charge is 0.0929 e. The highest BCUT2D eigenvalue weighted by Gasteiger charge is 2.39. The zero-order chi connectivity index (χ0) is 9.24. The Morgan fingerprint density at radius 1 is 1.50 bits per heavy atom. The standard InChI is InChI=1S/C9H18O3/c1-8(2)6-9(10,7-11-3)4-5-12-8/h10H,4-7H2,1-3H3. The largest absolute Gasteiger partial charge is 0.387 e. The van der Waals surface area contributed by atoms with Crippen LogP contribution < -0.4 is 0 Å². The van der Waals surface area contributed by atoms with E-state index in [0.717, 1.165) is 0 Å². The molecule has 0 aromatic rings. The molecule has 1 aliphatic heterocycles. The molecular formula is C9H18O3. The minimum Gasteiger partial charge on any atom is -0.387 e. The van der Waals surface area contributed by atoms with Crippen LogP contribution in [0.15, 0.2) is 0 Å². The van der Waals surface area contributed by atoms with Gasteiger partial charge in [-0.1, -0.05) is 0 Å². The Morgan fingerprint density at radius 3 is 2.67 bits per heavy atom. The molecular weight excluding hydrogens is 156 g/mol. The monoisotopic (exact) mass is 174 g/mol. The van der Waals surface area contributed by atoms with Crippen molar-refractivity contribution in [3.63, 3.8) is 0 Å².